The Labute approximate surface area is 56.0 Å². The van der Waals surface area contributed by atoms with E-state index in [0.717, 1.165) is 11.8 Å². The van der Waals surface area contributed by atoms with Crippen LogP contribution in [0.5, 0.6) is 0 Å². The number of hydrogen-bond donors (Lipinski definition) is 1. The van der Waals surface area contributed by atoms with Gasteiger partial charge in [0.2, 0.25) is 0 Å². The maximum atomic E-state index is 10.1. The molecule has 8 heavy (non-hydrogen) atoms. The van der Waals surface area contributed by atoms with Gasteiger partial charge in [0.25, 0.3) is 0 Å². The van der Waals surface area contributed by atoms with Gasteiger partial charge in [0.05, 0.1) is 5.92 Å². The van der Waals surface area contributed by atoms with Crippen LogP contribution >= 0.6 is 15.9 Å². The van der Waals surface area contributed by atoms with Gasteiger partial charge in [0, 0.05) is 5.33 Å². The van der Waals surface area contributed by atoms with E-state index in [0.29, 0.717) is 5.92 Å². The van der Waals surface area contributed by atoms with Crippen molar-refractivity contribution in [2.24, 2.45) is 11.8 Å². The Morgan fingerprint density at radius 3 is 2.62 bits per heavy atom. The third-order valence-electron chi connectivity index (χ3n) is 1.44. The number of rotatable bonds is 2. The van der Waals surface area contributed by atoms with Crippen LogP contribution in [-0.2, 0) is 4.79 Å². The van der Waals surface area contributed by atoms with Crippen LogP contribution < -0.4 is 0 Å². The van der Waals surface area contributed by atoms with Gasteiger partial charge >= 0.3 is 5.97 Å². The molecule has 2 atom stereocenters. The van der Waals surface area contributed by atoms with E-state index in [2.05, 4.69) is 15.9 Å². The second-order valence-electron chi connectivity index (χ2n) is 2.09. The maximum Gasteiger partial charge on any atom is 0.306 e. The lowest BCUT2D eigenvalue weighted by Gasteiger charge is -1.83. The van der Waals surface area contributed by atoms with E-state index >= 15 is 0 Å². The Morgan fingerprint density at radius 2 is 2.50 bits per heavy atom. The fourth-order valence-electron chi connectivity index (χ4n) is 0.721. The van der Waals surface area contributed by atoms with E-state index in [4.69, 9.17) is 5.11 Å². The van der Waals surface area contributed by atoms with Gasteiger partial charge < -0.3 is 5.11 Å². The summed E-state index contributed by atoms with van der Waals surface area (Å²) in [6, 6.07) is 0. The molecule has 1 N–H and O–H groups in total. The Kier molecular flexibility index (Phi) is 1.56. The van der Waals surface area contributed by atoms with E-state index in [1.54, 1.807) is 0 Å². The van der Waals surface area contributed by atoms with Crippen LogP contribution in [0, 0.1) is 11.8 Å². The van der Waals surface area contributed by atoms with Crippen LogP contribution in [0.1, 0.15) is 6.42 Å². The number of alkyl halides is 1. The zero-order valence-corrected chi connectivity index (χ0v) is 5.89. The Hall–Kier alpha value is -0.0500. The Morgan fingerprint density at radius 1 is 1.88 bits per heavy atom. The predicted molar refractivity (Wildman–Crippen MR) is 33.0 cm³/mol. The molecule has 0 spiro atoms. The number of halogens is 1. The molecule has 1 rings (SSSR count). The van der Waals surface area contributed by atoms with E-state index in [1.165, 1.54) is 0 Å². The highest BCUT2D eigenvalue weighted by Gasteiger charge is 2.41. The summed E-state index contributed by atoms with van der Waals surface area (Å²) in [5.41, 5.74) is 0. The highest BCUT2D eigenvalue weighted by molar-refractivity contribution is 9.09. The van der Waals surface area contributed by atoms with E-state index < -0.39 is 5.97 Å². The molecule has 2 nitrogen and oxygen atoms in total. The molecule has 0 amide bonds. The van der Waals surface area contributed by atoms with Crippen molar-refractivity contribution >= 4 is 21.9 Å². The summed E-state index contributed by atoms with van der Waals surface area (Å²) < 4.78 is 0. The van der Waals surface area contributed by atoms with Crippen LogP contribution in [0.25, 0.3) is 0 Å². The van der Waals surface area contributed by atoms with Gasteiger partial charge in [-0.25, -0.2) is 0 Å². The molecule has 0 aromatic carbocycles. The summed E-state index contributed by atoms with van der Waals surface area (Å²) in [6.45, 7) is 0. The van der Waals surface area contributed by atoms with Gasteiger partial charge in [0.15, 0.2) is 0 Å². The molecule has 1 aliphatic carbocycles. The first kappa shape index (κ1) is 6.08. The summed E-state index contributed by atoms with van der Waals surface area (Å²) in [6.07, 6.45) is 0.862. The molecule has 0 unspecified atom stereocenters. The van der Waals surface area contributed by atoms with E-state index in [9.17, 15) is 4.79 Å². The smallest absolute Gasteiger partial charge is 0.306 e. The van der Waals surface area contributed by atoms with Gasteiger partial charge in [-0.3, -0.25) is 4.79 Å². The minimum absolute atomic E-state index is 0.0469. The molecule has 0 aromatic rings. The second kappa shape index (κ2) is 2.05. The molecule has 0 heterocycles. The summed E-state index contributed by atoms with van der Waals surface area (Å²) in [4.78, 5) is 10.1. The van der Waals surface area contributed by atoms with Crippen molar-refractivity contribution in [3.8, 4) is 0 Å². The molecule has 0 aliphatic heterocycles. The summed E-state index contributed by atoms with van der Waals surface area (Å²) in [7, 11) is 0. The molecule has 0 saturated heterocycles. The van der Waals surface area contributed by atoms with Gasteiger partial charge in [-0.1, -0.05) is 15.9 Å². The standard InChI is InChI=1S/C5H7BrO2/c6-2-3-1-4(3)5(7)8/h3-4H,1-2H2,(H,7,8)/t3-,4+/m0/s1. The monoisotopic (exact) mass is 178 g/mol. The average Bonchev–Trinajstić information content (AvgIpc) is 2.42. The molecular weight excluding hydrogens is 172 g/mol. The largest absolute Gasteiger partial charge is 0.481 e. The van der Waals surface area contributed by atoms with Crippen LogP contribution in [-0.4, -0.2) is 16.4 Å². The second-order valence-corrected chi connectivity index (χ2v) is 2.74. The number of carboxylic acid groups (broad SMARTS) is 1. The fourth-order valence-corrected chi connectivity index (χ4v) is 1.44. The fraction of sp³-hybridized carbons (Fsp3) is 0.800. The molecule has 0 aromatic heterocycles. The number of carboxylic acids is 1. The highest BCUT2D eigenvalue weighted by atomic mass is 79.9. The molecule has 3 heteroatoms. The van der Waals surface area contributed by atoms with Crippen molar-refractivity contribution in [1.29, 1.82) is 0 Å². The van der Waals surface area contributed by atoms with Crippen molar-refractivity contribution in [3.05, 3.63) is 0 Å². The lowest BCUT2D eigenvalue weighted by molar-refractivity contribution is -0.138. The molecular formula is C5H7BrO2. The molecule has 0 radical (unpaired) electrons. The number of carbonyl (C=O) groups is 1. The van der Waals surface area contributed by atoms with Crippen molar-refractivity contribution < 1.29 is 9.90 Å². The first-order chi connectivity index (χ1) is 3.75. The van der Waals surface area contributed by atoms with Crippen molar-refractivity contribution in [1.82, 2.24) is 0 Å². The predicted octanol–water partition coefficient (Wildman–Crippen LogP) is 1.10. The normalized spacial score (nSPS) is 34.6. The Balaban J connectivity index is 2.26. The van der Waals surface area contributed by atoms with Gasteiger partial charge in [-0.05, 0) is 12.3 Å². The van der Waals surface area contributed by atoms with Crippen LogP contribution in [0.15, 0.2) is 0 Å². The van der Waals surface area contributed by atoms with E-state index in [-0.39, 0.29) is 5.92 Å². The zero-order chi connectivity index (χ0) is 6.15. The Bertz CT molecular complexity index is 113. The zero-order valence-electron chi connectivity index (χ0n) is 4.30. The maximum absolute atomic E-state index is 10.1. The number of hydrogen-bond acceptors (Lipinski definition) is 1. The molecule has 1 fully saturated rings. The summed E-state index contributed by atoms with van der Waals surface area (Å²) in [5, 5.41) is 9.17. The van der Waals surface area contributed by atoms with Crippen molar-refractivity contribution in [2.45, 2.75) is 6.42 Å². The van der Waals surface area contributed by atoms with Crippen LogP contribution in [0.3, 0.4) is 0 Å². The quantitative estimate of drug-likeness (QED) is 0.644. The highest BCUT2D eigenvalue weighted by Crippen LogP contribution is 2.39. The topological polar surface area (TPSA) is 37.3 Å². The minimum Gasteiger partial charge on any atom is -0.481 e. The number of aliphatic carboxylic acids is 1. The van der Waals surface area contributed by atoms with Crippen molar-refractivity contribution in [2.75, 3.05) is 5.33 Å². The van der Waals surface area contributed by atoms with Crippen LogP contribution in [0.2, 0.25) is 0 Å². The minimum atomic E-state index is -0.644. The van der Waals surface area contributed by atoms with Gasteiger partial charge in [-0.15, -0.1) is 0 Å². The first-order valence-electron chi connectivity index (χ1n) is 2.54. The summed E-state index contributed by atoms with van der Waals surface area (Å²) >= 11 is 3.22. The van der Waals surface area contributed by atoms with Gasteiger partial charge in [-0.2, -0.15) is 0 Å². The van der Waals surface area contributed by atoms with E-state index in [1.807, 2.05) is 0 Å². The molecule has 1 aliphatic rings. The molecule has 0 bridgehead atoms. The van der Waals surface area contributed by atoms with Crippen molar-refractivity contribution in [3.63, 3.8) is 0 Å². The first-order valence-corrected chi connectivity index (χ1v) is 3.66. The average molecular weight is 179 g/mol. The molecule has 46 valence electrons. The lowest BCUT2D eigenvalue weighted by atomic mass is 10.3. The lowest BCUT2D eigenvalue weighted by Crippen LogP contribution is -1.99. The van der Waals surface area contributed by atoms with Crippen LogP contribution in [0.4, 0.5) is 0 Å². The third-order valence-corrected chi connectivity index (χ3v) is 2.27. The molecule has 1 saturated carbocycles. The third kappa shape index (κ3) is 1.02. The SMILES string of the molecule is O=C(O)[C@@H]1C[C@H]1CBr. The van der Waals surface area contributed by atoms with Gasteiger partial charge in [0.1, 0.15) is 0 Å². The summed E-state index contributed by atoms with van der Waals surface area (Å²) in [5.74, 6) is -0.281.